The van der Waals surface area contributed by atoms with Gasteiger partial charge in [-0.2, -0.15) is 0 Å². The summed E-state index contributed by atoms with van der Waals surface area (Å²) < 4.78 is 5.56. The highest BCUT2D eigenvalue weighted by atomic mass is 127. The number of piperidine rings is 1. The Balaban J connectivity index is 0.00000242. The predicted octanol–water partition coefficient (Wildman–Crippen LogP) is 2.91. The molecule has 1 fully saturated rings. The molecule has 0 aliphatic carbocycles. The van der Waals surface area contributed by atoms with Gasteiger partial charge >= 0.3 is 0 Å². The van der Waals surface area contributed by atoms with Gasteiger partial charge in [0, 0.05) is 38.4 Å². The molecule has 2 rings (SSSR count). The molecular formula is C16H27IN4O. The van der Waals surface area contributed by atoms with Crippen molar-refractivity contribution in [2.75, 3.05) is 26.7 Å². The summed E-state index contributed by atoms with van der Waals surface area (Å²) in [4.78, 5) is 11.0. The summed E-state index contributed by atoms with van der Waals surface area (Å²) in [6.45, 7) is 7.73. The number of nitrogens with zero attached hydrogens (tertiary/aromatic N) is 3. The van der Waals surface area contributed by atoms with Crippen LogP contribution in [-0.4, -0.2) is 42.6 Å². The topological polar surface area (TPSA) is 49.8 Å². The number of aliphatic imine (C=N–C) groups is 1. The maximum Gasteiger partial charge on any atom is 0.218 e. The van der Waals surface area contributed by atoms with Gasteiger partial charge in [-0.05, 0) is 31.7 Å². The maximum absolute atomic E-state index is 5.56. The summed E-state index contributed by atoms with van der Waals surface area (Å²) >= 11 is 0. The zero-order chi connectivity index (χ0) is 15.1. The molecule has 1 aliphatic heterocycles. The number of nitrogens with one attached hydrogen (secondary N) is 1. The number of pyridine rings is 1. The molecule has 0 amide bonds. The van der Waals surface area contributed by atoms with Crippen LogP contribution in [0, 0.1) is 5.92 Å². The molecular weight excluding hydrogens is 391 g/mol. The second-order valence-electron chi connectivity index (χ2n) is 5.49. The van der Waals surface area contributed by atoms with Gasteiger partial charge in [0.1, 0.15) is 0 Å². The Labute approximate surface area is 150 Å². The number of rotatable bonds is 4. The lowest BCUT2D eigenvalue weighted by Gasteiger charge is -2.33. The minimum Gasteiger partial charge on any atom is -0.478 e. The Morgan fingerprint density at radius 1 is 1.55 bits per heavy atom. The molecule has 124 valence electrons. The molecule has 22 heavy (non-hydrogen) atoms. The molecule has 0 spiro atoms. The molecule has 5 nitrogen and oxygen atoms in total. The summed E-state index contributed by atoms with van der Waals surface area (Å²) in [6, 6.07) is 3.97. The molecule has 0 aromatic carbocycles. The summed E-state index contributed by atoms with van der Waals surface area (Å²) in [5.74, 6) is 2.40. The highest BCUT2D eigenvalue weighted by molar-refractivity contribution is 14.0. The lowest BCUT2D eigenvalue weighted by Crippen LogP contribution is -2.45. The monoisotopic (exact) mass is 418 g/mol. The van der Waals surface area contributed by atoms with E-state index in [1.807, 2.05) is 26.1 Å². The smallest absolute Gasteiger partial charge is 0.218 e. The van der Waals surface area contributed by atoms with Crippen molar-refractivity contribution in [3.8, 4) is 5.88 Å². The van der Waals surface area contributed by atoms with Crippen LogP contribution in [0.25, 0.3) is 0 Å². The Hall–Kier alpha value is -1.05. The van der Waals surface area contributed by atoms with Gasteiger partial charge in [-0.25, -0.2) is 4.98 Å². The van der Waals surface area contributed by atoms with Crippen molar-refractivity contribution in [1.82, 2.24) is 15.2 Å². The SMILES string of the molecule is CCOc1ncccc1CNC(=NC)N1CCCC(C)C1.I. The van der Waals surface area contributed by atoms with Crippen LogP contribution in [0.3, 0.4) is 0 Å². The number of hydrogen-bond acceptors (Lipinski definition) is 3. The number of likely N-dealkylation sites (tertiary alicyclic amines) is 1. The van der Waals surface area contributed by atoms with Crippen molar-refractivity contribution in [2.45, 2.75) is 33.2 Å². The van der Waals surface area contributed by atoms with Gasteiger partial charge in [0.15, 0.2) is 5.96 Å². The van der Waals surface area contributed by atoms with Gasteiger partial charge in [-0.1, -0.05) is 13.0 Å². The minimum absolute atomic E-state index is 0. The summed E-state index contributed by atoms with van der Waals surface area (Å²) in [5.41, 5.74) is 1.06. The van der Waals surface area contributed by atoms with Crippen molar-refractivity contribution in [2.24, 2.45) is 10.9 Å². The molecule has 1 aliphatic rings. The molecule has 2 heterocycles. The average Bonchev–Trinajstić information content (AvgIpc) is 2.50. The second kappa shape index (κ2) is 9.86. The quantitative estimate of drug-likeness (QED) is 0.464. The fraction of sp³-hybridized carbons (Fsp3) is 0.625. The average molecular weight is 418 g/mol. The van der Waals surface area contributed by atoms with E-state index in [1.54, 1.807) is 6.20 Å². The van der Waals surface area contributed by atoms with Gasteiger partial charge in [-0.3, -0.25) is 4.99 Å². The van der Waals surface area contributed by atoms with E-state index in [0.717, 1.165) is 30.5 Å². The van der Waals surface area contributed by atoms with Crippen LogP contribution < -0.4 is 10.1 Å². The van der Waals surface area contributed by atoms with E-state index in [0.29, 0.717) is 19.0 Å². The van der Waals surface area contributed by atoms with Gasteiger partial charge in [0.05, 0.1) is 6.61 Å². The van der Waals surface area contributed by atoms with Gasteiger partial charge in [0.25, 0.3) is 0 Å². The van der Waals surface area contributed by atoms with Crippen LogP contribution in [0.2, 0.25) is 0 Å². The fourth-order valence-electron chi connectivity index (χ4n) is 2.71. The fourth-order valence-corrected chi connectivity index (χ4v) is 2.71. The molecule has 1 aromatic heterocycles. The second-order valence-corrected chi connectivity index (χ2v) is 5.49. The van der Waals surface area contributed by atoms with E-state index in [4.69, 9.17) is 4.74 Å². The molecule has 1 aromatic rings. The third-order valence-corrected chi connectivity index (χ3v) is 3.74. The maximum atomic E-state index is 5.56. The first-order valence-electron chi connectivity index (χ1n) is 7.76. The Morgan fingerprint density at radius 3 is 3.05 bits per heavy atom. The van der Waals surface area contributed by atoms with E-state index in [9.17, 15) is 0 Å². The summed E-state index contributed by atoms with van der Waals surface area (Å²) in [7, 11) is 1.84. The van der Waals surface area contributed by atoms with Crippen LogP contribution in [0.5, 0.6) is 5.88 Å². The molecule has 6 heteroatoms. The predicted molar refractivity (Wildman–Crippen MR) is 101 cm³/mol. The Morgan fingerprint density at radius 2 is 2.36 bits per heavy atom. The van der Waals surface area contributed by atoms with Gasteiger partial charge < -0.3 is 15.0 Å². The molecule has 1 atom stereocenters. The lowest BCUT2D eigenvalue weighted by molar-refractivity contribution is 0.265. The molecule has 1 unspecified atom stereocenters. The van der Waals surface area contributed by atoms with E-state index < -0.39 is 0 Å². The molecule has 0 bridgehead atoms. The Bertz CT molecular complexity index is 481. The highest BCUT2D eigenvalue weighted by Crippen LogP contribution is 2.17. The first kappa shape index (κ1) is 19.0. The number of guanidine groups is 1. The summed E-state index contributed by atoms with van der Waals surface area (Å²) in [5, 5.41) is 3.43. The van der Waals surface area contributed by atoms with Crippen LogP contribution in [-0.2, 0) is 6.54 Å². The molecule has 0 saturated carbocycles. The minimum atomic E-state index is 0. The van der Waals surface area contributed by atoms with Crippen molar-refractivity contribution in [3.63, 3.8) is 0 Å². The van der Waals surface area contributed by atoms with Crippen LogP contribution in [0.1, 0.15) is 32.3 Å². The van der Waals surface area contributed by atoms with Gasteiger partial charge in [-0.15, -0.1) is 24.0 Å². The highest BCUT2D eigenvalue weighted by Gasteiger charge is 2.19. The van der Waals surface area contributed by atoms with E-state index in [2.05, 4.69) is 27.1 Å². The van der Waals surface area contributed by atoms with E-state index in [-0.39, 0.29) is 24.0 Å². The van der Waals surface area contributed by atoms with Crippen molar-refractivity contribution >= 4 is 29.9 Å². The third kappa shape index (κ3) is 5.30. The van der Waals surface area contributed by atoms with E-state index in [1.165, 1.54) is 12.8 Å². The standard InChI is InChI=1S/C16H26N4O.HI/c1-4-21-15-14(8-5-9-18-15)11-19-16(17-3)20-10-6-7-13(2)12-20;/h5,8-9,13H,4,6-7,10-12H2,1-3H3,(H,17,19);1H. The van der Waals surface area contributed by atoms with E-state index >= 15 is 0 Å². The number of halogens is 1. The first-order valence-corrected chi connectivity index (χ1v) is 7.76. The first-order chi connectivity index (χ1) is 10.2. The van der Waals surface area contributed by atoms with Crippen molar-refractivity contribution < 1.29 is 4.74 Å². The zero-order valence-electron chi connectivity index (χ0n) is 13.7. The number of ether oxygens (including phenoxy) is 1. The molecule has 0 radical (unpaired) electrons. The zero-order valence-corrected chi connectivity index (χ0v) is 16.0. The molecule has 1 N–H and O–H groups in total. The largest absolute Gasteiger partial charge is 0.478 e. The van der Waals surface area contributed by atoms with Crippen LogP contribution in [0.4, 0.5) is 0 Å². The third-order valence-electron chi connectivity index (χ3n) is 3.74. The van der Waals surface area contributed by atoms with Crippen LogP contribution in [0.15, 0.2) is 23.3 Å². The normalized spacial score (nSPS) is 18.6. The van der Waals surface area contributed by atoms with Crippen LogP contribution >= 0.6 is 24.0 Å². The molecule has 1 saturated heterocycles. The van der Waals surface area contributed by atoms with Crippen molar-refractivity contribution in [3.05, 3.63) is 23.9 Å². The lowest BCUT2D eigenvalue weighted by atomic mass is 10.0. The number of aromatic nitrogens is 1. The van der Waals surface area contributed by atoms with Crippen molar-refractivity contribution in [1.29, 1.82) is 0 Å². The Kier molecular flexibility index (Phi) is 8.52. The van der Waals surface area contributed by atoms with Gasteiger partial charge in [0.2, 0.25) is 5.88 Å². The number of hydrogen-bond donors (Lipinski definition) is 1. The summed E-state index contributed by atoms with van der Waals surface area (Å²) in [6.07, 6.45) is 4.30.